The number of aryl methyl sites for hydroxylation is 2. The number of carboxylic acids is 1. The van der Waals surface area contributed by atoms with Crippen LogP contribution in [0.3, 0.4) is 0 Å². The van der Waals surface area contributed by atoms with Crippen LogP contribution >= 0.6 is 0 Å². The summed E-state index contributed by atoms with van der Waals surface area (Å²) in [5.41, 5.74) is 0.802. The van der Waals surface area contributed by atoms with Crippen LogP contribution in [0.25, 0.3) is 11.0 Å². The number of carboxylic acid groups (broad SMARTS) is 1. The van der Waals surface area contributed by atoms with E-state index in [1.165, 1.54) is 0 Å². The molecule has 2 aromatic rings. The van der Waals surface area contributed by atoms with Gasteiger partial charge in [0.2, 0.25) is 0 Å². The van der Waals surface area contributed by atoms with Gasteiger partial charge in [0.1, 0.15) is 5.82 Å². The van der Waals surface area contributed by atoms with Crippen LogP contribution in [0.1, 0.15) is 32.0 Å². The largest absolute Gasteiger partial charge is 0.481 e. The van der Waals surface area contributed by atoms with Gasteiger partial charge >= 0.3 is 5.97 Å². The Morgan fingerprint density at radius 1 is 1.35 bits per heavy atom. The van der Waals surface area contributed by atoms with Gasteiger partial charge < -0.3 is 9.67 Å². The second kappa shape index (κ2) is 5.98. The maximum absolute atomic E-state index is 13.4. The molecule has 2 rings (SSSR count). The molecule has 1 N–H and O–H groups in total. The Morgan fingerprint density at radius 2 is 2.05 bits per heavy atom. The second-order valence-electron chi connectivity index (χ2n) is 4.68. The quantitative estimate of drug-likeness (QED) is 0.885. The highest BCUT2D eigenvalue weighted by atomic mass is 19.2. The molecule has 1 aromatic heterocycles. The van der Waals surface area contributed by atoms with Gasteiger partial charge in [0, 0.05) is 25.1 Å². The molecule has 0 spiro atoms. The molecule has 0 atom stereocenters. The summed E-state index contributed by atoms with van der Waals surface area (Å²) in [4.78, 5) is 15.0. The number of nitrogens with zero attached hydrogens (tertiary/aromatic N) is 2. The topological polar surface area (TPSA) is 55.1 Å². The minimum atomic E-state index is -0.948. The third-order valence-electron chi connectivity index (χ3n) is 3.17. The lowest BCUT2D eigenvalue weighted by Crippen LogP contribution is -2.08. The summed E-state index contributed by atoms with van der Waals surface area (Å²) in [6.07, 6.45) is 2.43. The summed E-state index contributed by atoms with van der Waals surface area (Å²) in [6, 6.07) is 2.13. The zero-order valence-corrected chi connectivity index (χ0v) is 11.2. The first kappa shape index (κ1) is 14.4. The second-order valence-corrected chi connectivity index (χ2v) is 4.68. The summed E-state index contributed by atoms with van der Waals surface area (Å²) in [6.45, 7) is 2.24. The van der Waals surface area contributed by atoms with E-state index in [9.17, 15) is 13.6 Å². The van der Waals surface area contributed by atoms with Crippen LogP contribution in [-0.4, -0.2) is 20.6 Å². The number of unbranched alkanes of at least 4 members (excludes halogenated alkanes) is 1. The van der Waals surface area contributed by atoms with Gasteiger partial charge in [-0.3, -0.25) is 4.79 Å². The molecule has 0 bridgehead atoms. The van der Waals surface area contributed by atoms with Crippen LogP contribution in [-0.2, 0) is 17.8 Å². The maximum Gasteiger partial charge on any atom is 0.305 e. The SMILES string of the molecule is CCCCc1nc2cc(F)c(F)cc2n1CCC(=O)O. The number of imidazole rings is 1. The van der Waals surface area contributed by atoms with Gasteiger partial charge in [-0.25, -0.2) is 13.8 Å². The number of carbonyl (C=O) groups is 1. The van der Waals surface area contributed by atoms with Crippen molar-refractivity contribution in [1.29, 1.82) is 0 Å². The van der Waals surface area contributed by atoms with Crippen LogP contribution < -0.4 is 0 Å². The molecule has 0 aliphatic rings. The third kappa shape index (κ3) is 2.95. The van der Waals surface area contributed by atoms with E-state index in [0.717, 1.165) is 25.0 Å². The first-order valence-electron chi connectivity index (χ1n) is 6.59. The molecule has 6 heteroatoms. The fourth-order valence-corrected chi connectivity index (χ4v) is 2.15. The number of benzene rings is 1. The minimum absolute atomic E-state index is 0.0798. The number of halogens is 2. The molecule has 4 nitrogen and oxygen atoms in total. The predicted molar refractivity (Wildman–Crippen MR) is 70.5 cm³/mol. The van der Waals surface area contributed by atoms with Gasteiger partial charge in [-0.05, 0) is 6.42 Å². The molecule has 1 heterocycles. The van der Waals surface area contributed by atoms with Crippen LogP contribution in [0.15, 0.2) is 12.1 Å². The molecule has 0 unspecified atom stereocenters. The zero-order chi connectivity index (χ0) is 14.7. The lowest BCUT2D eigenvalue weighted by molar-refractivity contribution is -0.137. The standard InChI is InChI=1S/C14H16F2N2O2/c1-2-3-4-13-17-11-7-9(15)10(16)8-12(11)18(13)6-5-14(19)20/h7-8H,2-6H2,1H3,(H,19,20). The van der Waals surface area contributed by atoms with E-state index in [-0.39, 0.29) is 13.0 Å². The van der Waals surface area contributed by atoms with Gasteiger partial charge in [0.25, 0.3) is 0 Å². The molecule has 1 aromatic carbocycles. The highest BCUT2D eigenvalue weighted by molar-refractivity contribution is 5.76. The van der Waals surface area contributed by atoms with Crippen molar-refractivity contribution in [3.8, 4) is 0 Å². The van der Waals surface area contributed by atoms with Crippen LogP contribution in [0.2, 0.25) is 0 Å². The predicted octanol–water partition coefficient (Wildman–Crippen LogP) is 3.13. The van der Waals surface area contributed by atoms with Gasteiger partial charge in [-0.2, -0.15) is 0 Å². The monoisotopic (exact) mass is 282 g/mol. The van der Waals surface area contributed by atoms with Crippen molar-refractivity contribution in [3.05, 3.63) is 29.6 Å². The van der Waals surface area contributed by atoms with Crippen LogP contribution in [0.5, 0.6) is 0 Å². The highest BCUT2D eigenvalue weighted by Crippen LogP contribution is 2.21. The van der Waals surface area contributed by atoms with Crippen molar-refractivity contribution < 1.29 is 18.7 Å². The molecule has 0 radical (unpaired) electrons. The average molecular weight is 282 g/mol. The number of hydrogen-bond acceptors (Lipinski definition) is 2. The van der Waals surface area contributed by atoms with Crippen molar-refractivity contribution >= 4 is 17.0 Å². The van der Waals surface area contributed by atoms with E-state index in [2.05, 4.69) is 4.98 Å². The van der Waals surface area contributed by atoms with E-state index < -0.39 is 17.6 Å². The molecular weight excluding hydrogens is 266 g/mol. The van der Waals surface area contributed by atoms with Crippen molar-refractivity contribution in [2.45, 2.75) is 39.2 Å². The number of aliphatic carboxylic acids is 1. The van der Waals surface area contributed by atoms with E-state index in [4.69, 9.17) is 5.11 Å². The zero-order valence-electron chi connectivity index (χ0n) is 11.2. The van der Waals surface area contributed by atoms with E-state index in [0.29, 0.717) is 23.3 Å². The highest BCUT2D eigenvalue weighted by Gasteiger charge is 2.14. The van der Waals surface area contributed by atoms with Gasteiger partial charge in [-0.15, -0.1) is 0 Å². The fraction of sp³-hybridized carbons (Fsp3) is 0.429. The molecule has 0 aliphatic carbocycles. The summed E-state index contributed by atoms with van der Waals surface area (Å²) >= 11 is 0. The number of hydrogen-bond donors (Lipinski definition) is 1. The Morgan fingerprint density at radius 3 is 2.70 bits per heavy atom. The van der Waals surface area contributed by atoms with Gasteiger partial charge in [0.15, 0.2) is 11.6 Å². The van der Waals surface area contributed by atoms with Crippen molar-refractivity contribution in [3.63, 3.8) is 0 Å². The van der Waals surface area contributed by atoms with Crippen LogP contribution in [0.4, 0.5) is 8.78 Å². The fourth-order valence-electron chi connectivity index (χ4n) is 2.15. The molecule has 108 valence electrons. The van der Waals surface area contributed by atoms with Crippen molar-refractivity contribution in [2.24, 2.45) is 0 Å². The molecule has 0 amide bonds. The lowest BCUT2D eigenvalue weighted by Gasteiger charge is -2.07. The molecule has 0 fully saturated rings. The first-order chi connectivity index (χ1) is 9.52. The number of fused-ring (bicyclic) bond motifs is 1. The molecule has 0 aliphatic heterocycles. The molecule has 0 saturated carbocycles. The Labute approximate surface area is 115 Å². The molecular formula is C14H16F2N2O2. The number of rotatable bonds is 6. The summed E-state index contributed by atoms with van der Waals surface area (Å²) in [7, 11) is 0. The summed E-state index contributed by atoms with van der Waals surface area (Å²) in [5.74, 6) is -2.15. The third-order valence-corrected chi connectivity index (χ3v) is 3.17. The Bertz CT molecular complexity index is 638. The normalized spacial score (nSPS) is 11.2. The number of aromatic nitrogens is 2. The van der Waals surface area contributed by atoms with Crippen LogP contribution in [0, 0.1) is 11.6 Å². The smallest absolute Gasteiger partial charge is 0.305 e. The molecule has 0 saturated heterocycles. The Hall–Kier alpha value is -1.98. The van der Waals surface area contributed by atoms with Crippen molar-refractivity contribution in [1.82, 2.24) is 9.55 Å². The van der Waals surface area contributed by atoms with Gasteiger partial charge in [-0.1, -0.05) is 13.3 Å². The van der Waals surface area contributed by atoms with Gasteiger partial charge in [0.05, 0.1) is 17.5 Å². The maximum atomic E-state index is 13.4. The summed E-state index contributed by atoms with van der Waals surface area (Å²) < 4.78 is 28.3. The minimum Gasteiger partial charge on any atom is -0.481 e. The first-order valence-corrected chi connectivity index (χ1v) is 6.59. The molecule has 20 heavy (non-hydrogen) atoms. The van der Waals surface area contributed by atoms with E-state index in [1.807, 2.05) is 6.92 Å². The van der Waals surface area contributed by atoms with E-state index in [1.54, 1.807) is 4.57 Å². The van der Waals surface area contributed by atoms with Crippen molar-refractivity contribution in [2.75, 3.05) is 0 Å². The lowest BCUT2D eigenvalue weighted by atomic mass is 10.2. The Balaban J connectivity index is 2.46. The van der Waals surface area contributed by atoms with E-state index >= 15 is 0 Å². The summed E-state index contributed by atoms with van der Waals surface area (Å²) in [5, 5.41) is 8.78. The Kier molecular flexibility index (Phi) is 4.32. The average Bonchev–Trinajstić information content (AvgIpc) is 2.71.